The summed E-state index contributed by atoms with van der Waals surface area (Å²) in [5.41, 5.74) is 0.726. The Morgan fingerprint density at radius 3 is 3.00 bits per heavy atom. The molecule has 0 aromatic carbocycles. The second-order valence-corrected chi connectivity index (χ2v) is 5.43. The van der Waals surface area contributed by atoms with Gasteiger partial charge in [-0.25, -0.2) is 0 Å². The van der Waals surface area contributed by atoms with E-state index in [4.69, 9.17) is 4.52 Å². The van der Waals surface area contributed by atoms with Crippen LogP contribution in [-0.4, -0.2) is 51.5 Å². The van der Waals surface area contributed by atoms with Gasteiger partial charge >= 0.3 is 0 Å². The minimum absolute atomic E-state index is 0.161. The molecular formula is C13H20N6O. The molecule has 1 fully saturated rings. The van der Waals surface area contributed by atoms with Crippen LogP contribution < -0.4 is 5.32 Å². The zero-order valence-electron chi connectivity index (χ0n) is 12.1. The monoisotopic (exact) mass is 276 g/mol. The number of piperazine rings is 1. The summed E-state index contributed by atoms with van der Waals surface area (Å²) >= 11 is 0. The molecule has 1 saturated heterocycles. The fourth-order valence-corrected chi connectivity index (χ4v) is 2.31. The zero-order valence-corrected chi connectivity index (χ0v) is 12.1. The molecule has 3 heterocycles. The molecule has 0 spiro atoms. The molecule has 0 bridgehead atoms. The highest BCUT2D eigenvalue weighted by atomic mass is 16.5. The normalized spacial score (nSPS) is 20.7. The summed E-state index contributed by atoms with van der Waals surface area (Å²) in [6.07, 6.45) is 1.93. The van der Waals surface area contributed by atoms with Gasteiger partial charge in [-0.1, -0.05) is 5.16 Å². The van der Waals surface area contributed by atoms with E-state index >= 15 is 0 Å². The Kier molecular flexibility index (Phi) is 3.54. The van der Waals surface area contributed by atoms with Crippen molar-refractivity contribution in [1.82, 2.24) is 30.1 Å². The molecule has 108 valence electrons. The van der Waals surface area contributed by atoms with E-state index in [2.05, 4.69) is 46.4 Å². The van der Waals surface area contributed by atoms with Crippen LogP contribution in [0.15, 0.2) is 16.8 Å². The third kappa shape index (κ3) is 2.46. The molecule has 1 aliphatic rings. The van der Waals surface area contributed by atoms with Crippen molar-refractivity contribution in [3.63, 3.8) is 0 Å². The van der Waals surface area contributed by atoms with E-state index in [-0.39, 0.29) is 6.04 Å². The lowest BCUT2D eigenvalue weighted by atomic mass is 10.2. The lowest BCUT2D eigenvalue weighted by Gasteiger charge is -2.30. The van der Waals surface area contributed by atoms with Crippen molar-refractivity contribution in [2.45, 2.75) is 25.9 Å². The Bertz CT molecular complexity index is 575. The van der Waals surface area contributed by atoms with Crippen LogP contribution in [0, 0.1) is 0 Å². The largest absolute Gasteiger partial charge is 0.332 e. The van der Waals surface area contributed by atoms with Crippen LogP contribution in [0.5, 0.6) is 0 Å². The van der Waals surface area contributed by atoms with Crippen LogP contribution in [0.25, 0.3) is 11.6 Å². The molecule has 20 heavy (non-hydrogen) atoms. The Morgan fingerprint density at radius 2 is 2.30 bits per heavy atom. The predicted octanol–water partition coefficient (Wildman–Crippen LogP) is 1.09. The van der Waals surface area contributed by atoms with E-state index in [0.717, 1.165) is 25.3 Å². The van der Waals surface area contributed by atoms with Crippen LogP contribution >= 0.6 is 0 Å². The van der Waals surface area contributed by atoms with Gasteiger partial charge in [0.1, 0.15) is 0 Å². The third-order valence-electron chi connectivity index (χ3n) is 3.61. The fourth-order valence-electron chi connectivity index (χ4n) is 2.31. The third-order valence-corrected chi connectivity index (χ3v) is 3.61. The first-order valence-electron chi connectivity index (χ1n) is 6.95. The summed E-state index contributed by atoms with van der Waals surface area (Å²) < 4.78 is 7.24. The van der Waals surface area contributed by atoms with Gasteiger partial charge in [0.25, 0.3) is 5.89 Å². The van der Waals surface area contributed by atoms with Crippen LogP contribution in [0.2, 0.25) is 0 Å². The quantitative estimate of drug-likeness (QED) is 0.904. The second-order valence-electron chi connectivity index (χ2n) is 5.43. The van der Waals surface area contributed by atoms with Crippen LogP contribution in [0.1, 0.15) is 31.8 Å². The topological polar surface area (TPSA) is 72.0 Å². The van der Waals surface area contributed by atoms with Gasteiger partial charge in [-0.2, -0.15) is 10.1 Å². The standard InChI is InChI=1S/C13H20N6O/c1-9(2)19-6-4-10(16-19)13-15-12(17-20-13)11-8-14-5-7-18(11)3/h4,6,9,11,14H,5,7-8H2,1-3H3. The number of rotatable bonds is 3. The molecule has 1 N–H and O–H groups in total. The summed E-state index contributed by atoms with van der Waals surface area (Å²) in [5, 5.41) is 11.9. The van der Waals surface area contributed by atoms with Gasteiger partial charge < -0.3 is 9.84 Å². The summed E-state index contributed by atoms with van der Waals surface area (Å²) in [6.45, 7) is 6.99. The highest BCUT2D eigenvalue weighted by Gasteiger charge is 2.25. The first-order chi connectivity index (χ1) is 9.65. The minimum atomic E-state index is 0.161. The lowest BCUT2D eigenvalue weighted by molar-refractivity contribution is 0.190. The average Bonchev–Trinajstić information content (AvgIpc) is 3.08. The van der Waals surface area contributed by atoms with E-state index in [1.807, 2.05) is 16.9 Å². The predicted molar refractivity (Wildman–Crippen MR) is 74.1 cm³/mol. The zero-order chi connectivity index (χ0) is 14.1. The van der Waals surface area contributed by atoms with Gasteiger partial charge in [0.05, 0.1) is 6.04 Å². The molecule has 0 amide bonds. The molecule has 7 nitrogen and oxygen atoms in total. The average molecular weight is 276 g/mol. The van der Waals surface area contributed by atoms with E-state index in [1.165, 1.54) is 0 Å². The molecule has 0 aliphatic carbocycles. The van der Waals surface area contributed by atoms with E-state index in [1.54, 1.807) is 0 Å². The number of hydrogen-bond acceptors (Lipinski definition) is 6. The summed E-state index contributed by atoms with van der Waals surface area (Å²) in [5.74, 6) is 1.20. The molecule has 1 atom stereocenters. The molecule has 3 rings (SSSR count). The molecule has 7 heteroatoms. The van der Waals surface area contributed by atoms with Crippen molar-refractivity contribution in [3.8, 4) is 11.6 Å². The van der Waals surface area contributed by atoms with Crippen LogP contribution in [0.3, 0.4) is 0 Å². The SMILES string of the molecule is CC(C)n1ccc(-c2nc(C3CNCCN3C)no2)n1. The highest BCUT2D eigenvalue weighted by Crippen LogP contribution is 2.22. The number of likely N-dealkylation sites (N-methyl/N-ethyl adjacent to an activating group) is 1. The molecule has 1 aliphatic heterocycles. The van der Waals surface area contributed by atoms with Gasteiger partial charge in [0.15, 0.2) is 11.5 Å². The van der Waals surface area contributed by atoms with Crippen molar-refractivity contribution < 1.29 is 4.52 Å². The Balaban J connectivity index is 1.82. The smallest absolute Gasteiger partial charge is 0.278 e. The summed E-state index contributed by atoms with van der Waals surface area (Å²) in [4.78, 5) is 6.73. The molecule has 2 aromatic rings. The minimum Gasteiger partial charge on any atom is -0.332 e. The van der Waals surface area contributed by atoms with Gasteiger partial charge in [-0.3, -0.25) is 9.58 Å². The maximum absolute atomic E-state index is 5.35. The fraction of sp³-hybridized carbons (Fsp3) is 0.615. The second kappa shape index (κ2) is 5.34. The van der Waals surface area contributed by atoms with Crippen molar-refractivity contribution in [1.29, 1.82) is 0 Å². The van der Waals surface area contributed by atoms with Crippen molar-refractivity contribution in [3.05, 3.63) is 18.1 Å². The maximum Gasteiger partial charge on any atom is 0.278 e. The number of hydrogen-bond donors (Lipinski definition) is 1. The summed E-state index contributed by atoms with van der Waals surface area (Å²) in [7, 11) is 2.08. The highest BCUT2D eigenvalue weighted by molar-refractivity contribution is 5.45. The van der Waals surface area contributed by atoms with E-state index in [9.17, 15) is 0 Å². The number of nitrogens with zero attached hydrogens (tertiary/aromatic N) is 5. The summed E-state index contributed by atoms with van der Waals surface area (Å²) in [6, 6.07) is 2.38. The van der Waals surface area contributed by atoms with Crippen molar-refractivity contribution in [2.75, 3.05) is 26.7 Å². The molecule has 0 saturated carbocycles. The molecular weight excluding hydrogens is 256 g/mol. The molecule has 2 aromatic heterocycles. The van der Waals surface area contributed by atoms with Crippen molar-refractivity contribution in [2.24, 2.45) is 0 Å². The van der Waals surface area contributed by atoms with Gasteiger partial charge in [-0.05, 0) is 27.0 Å². The maximum atomic E-state index is 5.35. The Hall–Kier alpha value is -1.73. The number of nitrogens with one attached hydrogen (secondary N) is 1. The Labute approximate surface area is 118 Å². The molecule has 1 unspecified atom stereocenters. The Morgan fingerprint density at radius 1 is 1.45 bits per heavy atom. The first kappa shape index (κ1) is 13.3. The van der Waals surface area contributed by atoms with Gasteiger partial charge in [0.2, 0.25) is 0 Å². The molecule has 0 radical (unpaired) electrons. The van der Waals surface area contributed by atoms with Crippen molar-refractivity contribution >= 4 is 0 Å². The van der Waals surface area contributed by atoms with Gasteiger partial charge in [-0.15, -0.1) is 0 Å². The lowest BCUT2D eigenvalue weighted by Crippen LogP contribution is -2.44. The van der Waals surface area contributed by atoms with Crippen LogP contribution in [-0.2, 0) is 0 Å². The van der Waals surface area contributed by atoms with Gasteiger partial charge in [0, 0.05) is 31.9 Å². The van der Waals surface area contributed by atoms with Crippen LogP contribution in [0.4, 0.5) is 0 Å². The first-order valence-corrected chi connectivity index (χ1v) is 6.95. The number of aromatic nitrogens is 4. The van der Waals surface area contributed by atoms with E-state index < -0.39 is 0 Å². The van der Waals surface area contributed by atoms with E-state index in [0.29, 0.717) is 17.8 Å².